The lowest BCUT2D eigenvalue weighted by Crippen LogP contribution is -2.35. The van der Waals surface area contributed by atoms with Gasteiger partial charge in [-0.05, 0) is 40.8 Å². The van der Waals surface area contributed by atoms with E-state index in [2.05, 4.69) is 23.1 Å². The molecule has 0 bridgehead atoms. The number of fused-ring (bicyclic) bond motifs is 3. The van der Waals surface area contributed by atoms with E-state index in [9.17, 15) is 21.6 Å². The zero-order valence-corrected chi connectivity index (χ0v) is 19.3. The molecule has 5 rings (SSSR count). The van der Waals surface area contributed by atoms with Crippen LogP contribution in [0.1, 0.15) is 28.2 Å². The Morgan fingerprint density at radius 2 is 1.59 bits per heavy atom. The molecule has 2 aliphatic rings. The van der Waals surface area contributed by atoms with Gasteiger partial charge >= 0.3 is 6.18 Å². The van der Waals surface area contributed by atoms with Crippen LogP contribution in [0.4, 0.5) is 13.2 Å². The topological polar surface area (TPSA) is 40.6 Å². The van der Waals surface area contributed by atoms with Crippen molar-refractivity contribution >= 4 is 10.0 Å². The van der Waals surface area contributed by atoms with Gasteiger partial charge in [-0.2, -0.15) is 17.5 Å². The van der Waals surface area contributed by atoms with Crippen LogP contribution < -0.4 is 0 Å². The van der Waals surface area contributed by atoms with Gasteiger partial charge in [-0.1, -0.05) is 60.7 Å². The van der Waals surface area contributed by atoms with E-state index in [4.69, 9.17) is 0 Å². The summed E-state index contributed by atoms with van der Waals surface area (Å²) >= 11 is 0. The Bertz CT molecular complexity index is 1280. The number of sulfonamides is 1. The Labute approximate surface area is 197 Å². The second kappa shape index (κ2) is 8.83. The summed E-state index contributed by atoms with van der Waals surface area (Å²) in [6.45, 7) is 2.73. The second-order valence-corrected chi connectivity index (χ2v) is 11.0. The average molecular weight is 487 g/mol. The lowest BCUT2D eigenvalue weighted by molar-refractivity contribution is -0.137. The Kier molecular flexibility index (Phi) is 6.00. The van der Waals surface area contributed by atoms with Gasteiger partial charge in [0.1, 0.15) is 0 Å². The van der Waals surface area contributed by atoms with Crippen LogP contribution in [0.25, 0.3) is 0 Å². The zero-order chi connectivity index (χ0) is 23.9. The van der Waals surface area contributed by atoms with E-state index in [1.165, 1.54) is 15.9 Å². The van der Waals surface area contributed by atoms with Crippen molar-refractivity contribution in [2.24, 2.45) is 5.92 Å². The van der Waals surface area contributed by atoms with Crippen LogP contribution in [0.15, 0.2) is 83.8 Å². The number of hydrogen-bond donors (Lipinski definition) is 0. The Hall–Kier alpha value is -2.68. The van der Waals surface area contributed by atoms with Crippen molar-refractivity contribution in [2.45, 2.75) is 30.1 Å². The summed E-state index contributed by atoms with van der Waals surface area (Å²) in [7, 11) is -4.11. The molecular weight excluding hydrogens is 461 g/mol. The highest BCUT2D eigenvalue weighted by atomic mass is 32.2. The van der Waals surface area contributed by atoms with Gasteiger partial charge in [0.05, 0.1) is 10.5 Å². The summed E-state index contributed by atoms with van der Waals surface area (Å²) in [4.78, 5) is 2.01. The number of rotatable bonds is 4. The quantitative estimate of drug-likeness (QED) is 0.514. The maximum absolute atomic E-state index is 13.5. The van der Waals surface area contributed by atoms with Crippen LogP contribution in [0.5, 0.6) is 0 Å². The molecule has 0 spiro atoms. The fourth-order valence-electron chi connectivity index (χ4n) is 5.19. The first-order valence-corrected chi connectivity index (χ1v) is 12.7. The van der Waals surface area contributed by atoms with Gasteiger partial charge in [-0.25, -0.2) is 8.42 Å². The van der Waals surface area contributed by atoms with Crippen molar-refractivity contribution < 1.29 is 21.6 Å². The van der Waals surface area contributed by atoms with Crippen molar-refractivity contribution in [3.63, 3.8) is 0 Å². The molecule has 2 unspecified atom stereocenters. The molecule has 0 saturated carbocycles. The normalized spacial score (nSPS) is 21.6. The van der Waals surface area contributed by atoms with Gasteiger partial charge in [0, 0.05) is 38.6 Å². The summed E-state index contributed by atoms with van der Waals surface area (Å²) in [5.41, 5.74) is 2.27. The summed E-state index contributed by atoms with van der Waals surface area (Å²) in [5, 5.41) is 0. The molecule has 3 aromatic carbocycles. The fourth-order valence-corrected chi connectivity index (χ4v) is 6.71. The fraction of sp³-hybridized carbons (Fsp3) is 0.308. The number of likely N-dealkylation sites (tertiary alicyclic amines) is 1. The van der Waals surface area contributed by atoms with Crippen molar-refractivity contribution in [1.29, 1.82) is 0 Å². The minimum absolute atomic E-state index is 0.0490. The standard InChI is InChI=1S/C26H25F3N2O2S/c27-26(28,29)22-10-6-11-23(13-22)34(32,33)31-16-20-9-4-5-12-24(20)25-18-30(15-21(25)17-31)14-19-7-2-1-3-8-19/h1-13,21,25H,14-18H2. The van der Waals surface area contributed by atoms with E-state index in [1.54, 1.807) is 0 Å². The largest absolute Gasteiger partial charge is 0.416 e. The Balaban J connectivity index is 1.47. The predicted octanol–water partition coefficient (Wildman–Crippen LogP) is 5.13. The molecule has 0 radical (unpaired) electrons. The molecule has 1 saturated heterocycles. The molecule has 8 heteroatoms. The van der Waals surface area contributed by atoms with Crippen LogP contribution in [0, 0.1) is 5.92 Å². The third-order valence-electron chi connectivity index (χ3n) is 6.80. The van der Waals surface area contributed by atoms with Crippen molar-refractivity contribution in [1.82, 2.24) is 9.21 Å². The van der Waals surface area contributed by atoms with E-state index >= 15 is 0 Å². The van der Waals surface area contributed by atoms with Crippen molar-refractivity contribution in [3.05, 3.63) is 101 Å². The monoisotopic (exact) mass is 486 g/mol. The third kappa shape index (κ3) is 4.50. The minimum Gasteiger partial charge on any atom is -0.298 e. The first kappa shape index (κ1) is 23.1. The zero-order valence-electron chi connectivity index (χ0n) is 18.4. The van der Waals surface area contributed by atoms with E-state index < -0.39 is 21.8 Å². The molecule has 0 aromatic heterocycles. The highest BCUT2D eigenvalue weighted by Gasteiger charge is 2.41. The maximum atomic E-state index is 13.5. The van der Waals surface area contributed by atoms with Crippen LogP contribution in [0.2, 0.25) is 0 Å². The van der Waals surface area contributed by atoms with Gasteiger partial charge in [0.25, 0.3) is 0 Å². The number of alkyl halides is 3. The molecule has 2 atom stereocenters. The number of halogens is 3. The first-order valence-electron chi connectivity index (χ1n) is 11.2. The van der Waals surface area contributed by atoms with Gasteiger partial charge in [0.15, 0.2) is 0 Å². The first-order chi connectivity index (χ1) is 16.2. The summed E-state index contributed by atoms with van der Waals surface area (Å²) in [5.74, 6) is 0.217. The lowest BCUT2D eigenvalue weighted by Gasteiger charge is -2.24. The van der Waals surface area contributed by atoms with Crippen molar-refractivity contribution in [3.8, 4) is 0 Å². The van der Waals surface area contributed by atoms with E-state index in [0.717, 1.165) is 49.0 Å². The molecular formula is C26H25F3N2O2S. The molecule has 0 N–H and O–H groups in total. The smallest absolute Gasteiger partial charge is 0.298 e. The molecule has 2 aliphatic heterocycles. The van der Waals surface area contributed by atoms with Crippen molar-refractivity contribution in [2.75, 3.05) is 19.6 Å². The summed E-state index contributed by atoms with van der Waals surface area (Å²) in [6.07, 6.45) is -4.61. The van der Waals surface area contributed by atoms with Crippen LogP contribution in [-0.2, 0) is 29.3 Å². The Morgan fingerprint density at radius 3 is 2.35 bits per heavy atom. The molecule has 2 heterocycles. The highest BCUT2D eigenvalue weighted by molar-refractivity contribution is 7.89. The minimum atomic E-state index is -4.61. The highest BCUT2D eigenvalue weighted by Crippen LogP contribution is 2.40. The maximum Gasteiger partial charge on any atom is 0.416 e. The van der Waals surface area contributed by atoms with Gasteiger partial charge in [0.2, 0.25) is 10.0 Å². The van der Waals surface area contributed by atoms with Crippen LogP contribution in [-0.4, -0.2) is 37.3 Å². The molecule has 3 aromatic rings. The molecule has 34 heavy (non-hydrogen) atoms. The molecule has 178 valence electrons. The molecule has 0 aliphatic carbocycles. The molecule has 1 fully saturated rings. The number of nitrogens with zero attached hydrogens (tertiary/aromatic N) is 2. The van der Waals surface area contributed by atoms with Gasteiger partial charge < -0.3 is 0 Å². The van der Waals surface area contributed by atoms with E-state index in [-0.39, 0.29) is 29.8 Å². The van der Waals surface area contributed by atoms with Gasteiger partial charge in [-0.3, -0.25) is 4.90 Å². The second-order valence-electron chi connectivity index (χ2n) is 9.07. The molecule has 4 nitrogen and oxygen atoms in total. The van der Waals surface area contributed by atoms with E-state index in [1.807, 2.05) is 36.4 Å². The van der Waals surface area contributed by atoms with Crippen LogP contribution >= 0.6 is 0 Å². The van der Waals surface area contributed by atoms with E-state index in [0.29, 0.717) is 0 Å². The number of benzene rings is 3. The summed E-state index contributed by atoms with van der Waals surface area (Å²) < 4.78 is 68.2. The van der Waals surface area contributed by atoms with Crippen LogP contribution in [0.3, 0.4) is 0 Å². The Morgan fingerprint density at radius 1 is 0.853 bits per heavy atom. The average Bonchev–Trinajstić information content (AvgIpc) is 3.13. The molecule has 0 amide bonds. The third-order valence-corrected chi connectivity index (χ3v) is 8.61. The lowest BCUT2D eigenvalue weighted by atomic mass is 9.87. The summed E-state index contributed by atoms with van der Waals surface area (Å²) in [6, 6.07) is 22.0. The van der Waals surface area contributed by atoms with Gasteiger partial charge in [-0.15, -0.1) is 0 Å². The number of hydrogen-bond acceptors (Lipinski definition) is 3. The predicted molar refractivity (Wildman–Crippen MR) is 123 cm³/mol. The SMILES string of the molecule is O=S(=O)(c1cccc(C(F)(F)F)c1)N1Cc2ccccc2C2CN(Cc3ccccc3)CC2C1.